The van der Waals surface area contributed by atoms with E-state index in [1.165, 1.54) is 12.0 Å². The van der Waals surface area contributed by atoms with Crippen LogP contribution in [0.15, 0.2) is 24.3 Å². The molecule has 1 fully saturated rings. The number of hydrogen-bond donors (Lipinski definition) is 2. The summed E-state index contributed by atoms with van der Waals surface area (Å²) in [6.45, 7) is 4.11. The summed E-state index contributed by atoms with van der Waals surface area (Å²) >= 11 is 0. The Morgan fingerprint density at radius 2 is 2.18 bits per heavy atom. The van der Waals surface area contributed by atoms with Gasteiger partial charge in [-0.1, -0.05) is 17.7 Å². The fraction of sp³-hybridized carbons (Fsp3) is 0.500. The van der Waals surface area contributed by atoms with E-state index in [9.17, 15) is 4.79 Å². The number of carbonyl (C=O) groups is 1. The molecule has 3 heteroatoms. The Balaban J connectivity index is 1.82. The van der Waals surface area contributed by atoms with Gasteiger partial charge in [0, 0.05) is 12.1 Å². The Morgan fingerprint density at radius 3 is 2.82 bits per heavy atom. The maximum atomic E-state index is 11.8. The molecule has 1 unspecified atom stereocenters. The summed E-state index contributed by atoms with van der Waals surface area (Å²) in [5.74, 6) is 0.622. The van der Waals surface area contributed by atoms with Crippen molar-refractivity contribution in [2.45, 2.75) is 26.2 Å². The van der Waals surface area contributed by atoms with Crippen molar-refractivity contribution >= 4 is 11.6 Å². The molecule has 0 saturated carbocycles. The van der Waals surface area contributed by atoms with Gasteiger partial charge in [0.15, 0.2) is 0 Å². The molecule has 1 aromatic rings. The zero-order chi connectivity index (χ0) is 12.1. The molecule has 1 aliphatic rings. The van der Waals surface area contributed by atoms with Crippen molar-refractivity contribution in [2.24, 2.45) is 5.92 Å². The van der Waals surface area contributed by atoms with Crippen LogP contribution < -0.4 is 10.6 Å². The molecule has 0 bridgehead atoms. The van der Waals surface area contributed by atoms with Gasteiger partial charge in [-0.25, -0.2) is 0 Å². The second-order valence-electron chi connectivity index (χ2n) is 4.83. The number of amides is 1. The van der Waals surface area contributed by atoms with Gasteiger partial charge in [0.05, 0.1) is 0 Å². The second kappa shape index (κ2) is 5.82. The standard InChI is InChI=1S/C14H20N2O/c1-11-4-6-13(7-5-11)16-14(17)9-12-3-2-8-15-10-12/h4-7,12,15H,2-3,8-10H2,1H3,(H,16,17). The van der Waals surface area contributed by atoms with E-state index >= 15 is 0 Å². The third-order valence-corrected chi connectivity index (χ3v) is 3.21. The lowest BCUT2D eigenvalue weighted by atomic mass is 9.96. The number of benzene rings is 1. The summed E-state index contributed by atoms with van der Waals surface area (Å²) in [4.78, 5) is 11.8. The lowest BCUT2D eigenvalue weighted by Gasteiger charge is -2.22. The van der Waals surface area contributed by atoms with Crippen LogP contribution in [0.4, 0.5) is 5.69 Å². The first-order valence-electron chi connectivity index (χ1n) is 6.31. The van der Waals surface area contributed by atoms with Crippen LogP contribution in [0.3, 0.4) is 0 Å². The van der Waals surface area contributed by atoms with Crippen LogP contribution in [0.25, 0.3) is 0 Å². The van der Waals surface area contributed by atoms with Gasteiger partial charge < -0.3 is 10.6 Å². The normalized spacial score (nSPS) is 19.9. The second-order valence-corrected chi connectivity index (χ2v) is 4.83. The highest BCUT2D eigenvalue weighted by Gasteiger charge is 2.16. The molecule has 1 aromatic carbocycles. The SMILES string of the molecule is Cc1ccc(NC(=O)CC2CCCNC2)cc1. The van der Waals surface area contributed by atoms with E-state index < -0.39 is 0 Å². The Hall–Kier alpha value is -1.35. The quantitative estimate of drug-likeness (QED) is 0.839. The van der Waals surface area contributed by atoms with Crippen LogP contribution >= 0.6 is 0 Å². The van der Waals surface area contributed by atoms with Gasteiger partial charge in [-0.05, 0) is 50.9 Å². The van der Waals surface area contributed by atoms with Gasteiger partial charge in [0.2, 0.25) is 5.91 Å². The molecule has 3 nitrogen and oxygen atoms in total. The molecular formula is C14H20N2O. The number of piperidine rings is 1. The van der Waals surface area contributed by atoms with Crippen molar-refractivity contribution in [3.8, 4) is 0 Å². The molecule has 0 aromatic heterocycles. The predicted octanol–water partition coefficient (Wildman–Crippen LogP) is 2.32. The molecule has 0 radical (unpaired) electrons. The molecule has 2 N–H and O–H groups in total. The van der Waals surface area contributed by atoms with Crippen LogP contribution in [0.1, 0.15) is 24.8 Å². The van der Waals surface area contributed by atoms with E-state index in [2.05, 4.69) is 10.6 Å². The van der Waals surface area contributed by atoms with Crippen LogP contribution in [-0.4, -0.2) is 19.0 Å². The Morgan fingerprint density at radius 1 is 1.41 bits per heavy atom. The number of nitrogens with one attached hydrogen (secondary N) is 2. The van der Waals surface area contributed by atoms with Crippen molar-refractivity contribution in [3.63, 3.8) is 0 Å². The highest BCUT2D eigenvalue weighted by atomic mass is 16.1. The van der Waals surface area contributed by atoms with Crippen LogP contribution in [0.2, 0.25) is 0 Å². The van der Waals surface area contributed by atoms with Gasteiger partial charge in [0.1, 0.15) is 0 Å². The molecular weight excluding hydrogens is 212 g/mol. The molecule has 0 spiro atoms. The smallest absolute Gasteiger partial charge is 0.224 e. The first kappa shape index (κ1) is 12.1. The Labute approximate surface area is 103 Å². The maximum absolute atomic E-state index is 11.8. The lowest BCUT2D eigenvalue weighted by Crippen LogP contribution is -2.32. The van der Waals surface area contributed by atoms with Crippen LogP contribution in [0.5, 0.6) is 0 Å². The molecule has 2 rings (SSSR count). The number of carbonyl (C=O) groups excluding carboxylic acids is 1. The number of aryl methyl sites for hydroxylation is 1. The van der Waals surface area contributed by atoms with Gasteiger partial charge in [-0.2, -0.15) is 0 Å². The van der Waals surface area contributed by atoms with E-state index in [4.69, 9.17) is 0 Å². The number of hydrogen-bond acceptors (Lipinski definition) is 2. The summed E-state index contributed by atoms with van der Waals surface area (Å²) < 4.78 is 0. The number of anilines is 1. The molecule has 0 aliphatic carbocycles. The van der Waals surface area contributed by atoms with Crippen molar-refractivity contribution in [1.82, 2.24) is 5.32 Å². The fourth-order valence-electron chi connectivity index (χ4n) is 2.21. The highest BCUT2D eigenvalue weighted by Crippen LogP contribution is 2.15. The van der Waals surface area contributed by atoms with E-state index in [1.807, 2.05) is 31.2 Å². The zero-order valence-electron chi connectivity index (χ0n) is 10.3. The summed E-state index contributed by atoms with van der Waals surface area (Å²) in [7, 11) is 0. The average Bonchev–Trinajstić information content (AvgIpc) is 2.33. The summed E-state index contributed by atoms with van der Waals surface area (Å²) in [5.41, 5.74) is 2.10. The van der Waals surface area contributed by atoms with Crippen molar-refractivity contribution in [1.29, 1.82) is 0 Å². The van der Waals surface area contributed by atoms with Gasteiger partial charge in [-0.15, -0.1) is 0 Å². The first-order chi connectivity index (χ1) is 8.24. The van der Waals surface area contributed by atoms with Crippen molar-refractivity contribution in [3.05, 3.63) is 29.8 Å². The first-order valence-corrected chi connectivity index (χ1v) is 6.31. The summed E-state index contributed by atoms with van der Waals surface area (Å²) in [6, 6.07) is 7.92. The van der Waals surface area contributed by atoms with Gasteiger partial charge in [-0.3, -0.25) is 4.79 Å². The van der Waals surface area contributed by atoms with Crippen molar-refractivity contribution in [2.75, 3.05) is 18.4 Å². The maximum Gasteiger partial charge on any atom is 0.224 e. The molecule has 1 amide bonds. The molecule has 17 heavy (non-hydrogen) atoms. The van der Waals surface area contributed by atoms with Crippen LogP contribution in [0, 0.1) is 12.8 Å². The average molecular weight is 232 g/mol. The molecule has 1 aliphatic heterocycles. The summed E-state index contributed by atoms with van der Waals surface area (Å²) in [6.07, 6.45) is 2.97. The highest BCUT2D eigenvalue weighted by molar-refractivity contribution is 5.90. The van der Waals surface area contributed by atoms with E-state index in [0.29, 0.717) is 12.3 Å². The molecule has 1 atom stereocenters. The van der Waals surface area contributed by atoms with E-state index in [-0.39, 0.29) is 5.91 Å². The van der Waals surface area contributed by atoms with Gasteiger partial charge >= 0.3 is 0 Å². The van der Waals surface area contributed by atoms with E-state index in [1.54, 1.807) is 0 Å². The lowest BCUT2D eigenvalue weighted by molar-refractivity contribution is -0.117. The van der Waals surface area contributed by atoms with Crippen molar-refractivity contribution < 1.29 is 4.79 Å². The zero-order valence-corrected chi connectivity index (χ0v) is 10.3. The minimum Gasteiger partial charge on any atom is -0.326 e. The molecule has 1 heterocycles. The number of rotatable bonds is 3. The topological polar surface area (TPSA) is 41.1 Å². The summed E-state index contributed by atoms with van der Waals surface area (Å²) in [5, 5.41) is 6.28. The molecule has 92 valence electrons. The minimum absolute atomic E-state index is 0.127. The Bertz CT molecular complexity index is 366. The monoisotopic (exact) mass is 232 g/mol. The third kappa shape index (κ3) is 3.86. The van der Waals surface area contributed by atoms with Crippen LogP contribution in [-0.2, 0) is 4.79 Å². The fourth-order valence-corrected chi connectivity index (χ4v) is 2.21. The van der Waals surface area contributed by atoms with E-state index in [0.717, 1.165) is 25.2 Å². The largest absolute Gasteiger partial charge is 0.326 e. The predicted molar refractivity (Wildman–Crippen MR) is 70.0 cm³/mol. The van der Waals surface area contributed by atoms with Gasteiger partial charge in [0.25, 0.3) is 0 Å². The Kier molecular flexibility index (Phi) is 4.15. The molecule has 1 saturated heterocycles. The third-order valence-electron chi connectivity index (χ3n) is 3.21. The minimum atomic E-state index is 0.127.